The van der Waals surface area contributed by atoms with Crippen LogP contribution in [0.2, 0.25) is 0 Å². The van der Waals surface area contributed by atoms with Gasteiger partial charge in [-0.2, -0.15) is 0 Å². The van der Waals surface area contributed by atoms with Crippen molar-refractivity contribution in [2.75, 3.05) is 19.1 Å². The second-order valence-corrected chi connectivity index (χ2v) is 19.4. The zero-order chi connectivity index (χ0) is 42.1. The van der Waals surface area contributed by atoms with Gasteiger partial charge in [-0.1, -0.05) is 110 Å². The Balaban J connectivity index is 1.23. The highest BCUT2D eigenvalue weighted by Gasteiger charge is 2.43. The third kappa shape index (κ3) is 6.50. The maximum absolute atomic E-state index is 6.51. The van der Waals surface area contributed by atoms with E-state index in [1.807, 2.05) is 18.4 Å². The summed E-state index contributed by atoms with van der Waals surface area (Å²) in [5.41, 5.74) is 24.0. The molecule has 308 valence electrons. The van der Waals surface area contributed by atoms with Gasteiger partial charge in [-0.3, -0.25) is 0 Å². The average Bonchev–Trinajstić information content (AvgIpc) is 3.78. The van der Waals surface area contributed by atoms with Crippen molar-refractivity contribution in [3.8, 4) is 11.1 Å². The molecule has 1 aromatic heterocycles. The fourth-order valence-corrected chi connectivity index (χ4v) is 12.8. The van der Waals surface area contributed by atoms with Gasteiger partial charge < -0.3 is 14.4 Å². The summed E-state index contributed by atoms with van der Waals surface area (Å²) in [5, 5.41) is 1.42. The number of benzene rings is 4. The lowest BCUT2D eigenvalue weighted by Gasteiger charge is -2.37. The largest absolute Gasteiger partial charge is 0.499 e. The summed E-state index contributed by atoms with van der Waals surface area (Å²) in [5.74, 6) is 1.19. The summed E-state index contributed by atoms with van der Waals surface area (Å²) >= 11 is 1.96. The van der Waals surface area contributed by atoms with Gasteiger partial charge >= 0.3 is 0 Å². The van der Waals surface area contributed by atoms with E-state index in [0.29, 0.717) is 0 Å². The molecule has 0 saturated heterocycles. The number of anilines is 1. The second kappa shape index (κ2) is 15.9. The quantitative estimate of drug-likeness (QED) is 0.120. The van der Waals surface area contributed by atoms with Gasteiger partial charge in [-0.15, -0.1) is 11.3 Å². The summed E-state index contributed by atoms with van der Waals surface area (Å²) in [6.45, 7) is 4.66. The number of rotatable bonds is 7. The van der Waals surface area contributed by atoms with Crippen LogP contribution in [0.15, 0.2) is 166 Å². The summed E-state index contributed by atoms with van der Waals surface area (Å²) in [4.78, 5) is 6.68. The summed E-state index contributed by atoms with van der Waals surface area (Å²) in [6.07, 6.45) is 26.3. The first-order chi connectivity index (χ1) is 30.4. The second-order valence-electron chi connectivity index (χ2n) is 18.3. The molecule has 1 aliphatic heterocycles. The van der Waals surface area contributed by atoms with Crippen molar-refractivity contribution in [3.63, 3.8) is 0 Å². The van der Waals surface area contributed by atoms with Crippen LogP contribution < -0.4 is 4.90 Å². The molecule has 11 rings (SSSR count). The number of hydrogen-bond donors (Lipinski definition) is 0. The zero-order valence-corrected chi connectivity index (χ0v) is 37.7. The summed E-state index contributed by atoms with van der Waals surface area (Å²) in [7, 11) is 6.52. The Kier molecular flexibility index (Phi) is 10.1. The van der Waals surface area contributed by atoms with Crippen LogP contribution in [-0.4, -0.2) is 26.9 Å². The Hall–Kier alpha value is -5.62. The lowest BCUT2D eigenvalue weighted by molar-refractivity contribution is 0.289. The number of likely N-dealkylation sites (N-methyl/N-ethyl adjacent to an activating group) is 1. The highest BCUT2D eigenvalue weighted by Crippen LogP contribution is 2.60. The van der Waals surface area contributed by atoms with Crippen LogP contribution in [0.5, 0.6) is 0 Å². The van der Waals surface area contributed by atoms with Gasteiger partial charge in [0.2, 0.25) is 0 Å². The van der Waals surface area contributed by atoms with Crippen molar-refractivity contribution in [1.29, 1.82) is 0 Å². The number of nitrogens with zero attached hydrogens (tertiary/aromatic N) is 2. The van der Waals surface area contributed by atoms with Gasteiger partial charge in [0.15, 0.2) is 7.98 Å². The third-order valence-electron chi connectivity index (χ3n) is 14.5. The molecule has 5 aliphatic carbocycles. The standard InChI is InChI=1S/C57H55BN2OS/c1-35-43-19-11-12-20-44(43)49-34-48(41-26-29-46-45-21-13-14-22-51(45)62-52(46)33-41)54-56(59(3)58)47-30-25-40(39-17-9-6-10-18-39)32-50(47)55(36(2)61-4)60(57(54)53(35)49)42-27-23-38(24-28-42)31-37-15-7-5-8-16-37/h5-9,11-17,19-23,27,32-35,56H,10,18,24-26,28-31,58H2,1-4H3/b55-36+. The minimum atomic E-state index is 0.0666. The number of ether oxygens (including phenoxy) is 1. The van der Waals surface area contributed by atoms with Gasteiger partial charge in [0.1, 0.15) is 5.76 Å². The van der Waals surface area contributed by atoms with Gasteiger partial charge in [0.05, 0.1) is 18.5 Å². The van der Waals surface area contributed by atoms with E-state index in [2.05, 4.69) is 166 Å². The van der Waals surface area contributed by atoms with E-state index in [-0.39, 0.29) is 12.0 Å². The average molecular weight is 827 g/mol. The summed E-state index contributed by atoms with van der Waals surface area (Å²) in [6, 6.07) is 31.9. The van der Waals surface area contributed by atoms with Crippen molar-refractivity contribution >= 4 is 46.7 Å². The zero-order valence-electron chi connectivity index (χ0n) is 36.9. The lowest BCUT2D eigenvalue weighted by atomic mass is 9.77. The van der Waals surface area contributed by atoms with Crippen LogP contribution in [0.1, 0.15) is 109 Å². The molecule has 5 aromatic rings. The molecule has 3 nitrogen and oxygen atoms in total. The molecular formula is C57H55BN2OS. The molecule has 5 heteroatoms. The highest BCUT2D eigenvalue weighted by atomic mass is 32.1. The molecule has 0 fully saturated rings. The Morgan fingerprint density at radius 2 is 1.60 bits per heavy atom. The Morgan fingerprint density at radius 1 is 0.790 bits per heavy atom. The van der Waals surface area contributed by atoms with Crippen LogP contribution >= 0.6 is 11.3 Å². The van der Waals surface area contributed by atoms with Crippen molar-refractivity contribution in [1.82, 2.24) is 4.81 Å². The minimum absolute atomic E-state index is 0.0666. The molecule has 0 radical (unpaired) electrons. The maximum atomic E-state index is 6.51. The van der Waals surface area contributed by atoms with Gasteiger partial charge in [0.25, 0.3) is 0 Å². The number of methoxy groups -OCH3 is 1. The van der Waals surface area contributed by atoms with Crippen LogP contribution in [0, 0.1) is 0 Å². The van der Waals surface area contributed by atoms with E-state index in [4.69, 9.17) is 4.74 Å². The monoisotopic (exact) mass is 826 g/mol. The number of thiophene rings is 1. The predicted octanol–water partition coefficient (Wildman–Crippen LogP) is 13.9. The van der Waals surface area contributed by atoms with Crippen molar-refractivity contribution in [3.05, 3.63) is 205 Å². The van der Waals surface area contributed by atoms with Crippen molar-refractivity contribution in [2.45, 2.75) is 83.6 Å². The fraction of sp³-hybridized carbons (Fsp3) is 0.263. The molecule has 0 spiro atoms. The first kappa shape index (κ1) is 39.2. The fourth-order valence-electron chi connectivity index (χ4n) is 11.6. The molecular weight excluding hydrogens is 772 g/mol. The highest BCUT2D eigenvalue weighted by molar-refractivity contribution is 7.20. The van der Waals surface area contributed by atoms with Gasteiger partial charge in [-0.25, -0.2) is 0 Å². The maximum Gasteiger partial charge on any atom is 0.186 e. The number of allylic oxidation sites excluding steroid dienone is 12. The lowest BCUT2D eigenvalue weighted by Crippen LogP contribution is -2.29. The van der Waals surface area contributed by atoms with Gasteiger partial charge in [-0.05, 0) is 169 Å². The van der Waals surface area contributed by atoms with E-state index in [1.54, 1.807) is 0 Å². The first-order valence-corrected chi connectivity index (χ1v) is 23.6. The van der Waals surface area contributed by atoms with E-state index in [0.717, 1.165) is 63.5 Å². The molecule has 6 aliphatic rings. The van der Waals surface area contributed by atoms with Crippen molar-refractivity contribution in [2.24, 2.45) is 0 Å². The Morgan fingerprint density at radius 3 is 2.39 bits per heavy atom. The molecule has 0 N–H and O–H groups in total. The number of aryl methyl sites for hydroxylation is 1. The van der Waals surface area contributed by atoms with E-state index in [1.165, 1.54) is 110 Å². The summed E-state index contributed by atoms with van der Waals surface area (Å²) < 4.78 is 7.90. The molecule has 0 amide bonds. The molecule has 2 heterocycles. The van der Waals surface area contributed by atoms with Crippen LogP contribution in [0.3, 0.4) is 0 Å². The van der Waals surface area contributed by atoms with Crippen LogP contribution in [0.4, 0.5) is 5.69 Å². The van der Waals surface area contributed by atoms with E-state index >= 15 is 0 Å². The van der Waals surface area contributed by atoms with Crippen molar-refractivity contribution < 1.29 is 4.74 Å². The molecule has 0 bridgehead atoms. The molecule has 4 aromatic carbocycles. The Labute approximate surface area is 372 Å². The number of fused-ring (bicyclic) bond motifs is 8. The van der Waals surface area contributed by atoms with E-state index < -0.39 is 0 Å². The first-order valence-electron chi connectivity index (χ1n) is 22.8. The minimum Gasteiger partial charge on any atom is -0.499 e. The smallest absolute Gasteiger partial charge is 0.186 e. The molecule has 2 unspecified atom stereocenters. The number of hydrogen-bond acceptors (Lipinski definition) is 4. The van der Waals surface area contributed by atoms with Crippen LogP contribution in [0.25, 0.3) is 32.9 Å². The van der Waals surface area contributed by atoms with Gasteiger partial charge in [0, 0.05) is 38.4 Å². The normalized spacial score (nSPS) is 21.2. The SMILES string of the molecule is BN(C)C1C2=C(C=C(C3=CC=CCC3)CC2)/C(=C(/C)OC)N(C2=CC=C(Cc3ccccc3)CC2)c2c3c(cc(C4=Cc5sc6ccccc6c5CC4)c21)-c1ccccc1C3C. The predicted molar refractivity (Wildman–Crippen MR) is 265 cm³/mol. The topological polar surface area (TPSA) is 15.7 Å². The van der Waals surface area contributed by atoms with E-state index in [9.17, 15) is 0 Å². The molecule has 0 saturated carbocycles. The Bertz CT molecular complexity index is 2930. The third-order valence-corrected chi connectivity index (χ3v) is 15.7. The molecule has 62 heavy (non-hydrogen) atoms. The van der Waals surface area contributed by atoms with Crippen LogP contribution in [-0.2, 0) is 17.6 Å². The molecule has 2 atom stereocenters.